The molecule has 0 spiro atoms. The predicted octanol–water partition coefficient (Wildman–Crippen LogP) is -0.221. The van der Waals surface area contributed by atoms with Crippen LogP contribution in [-0.2, 0) is 16.1 Å². The SMILES string of the molecule is Cc1ccccc1C[NH+]1CC[NH+](CN2C(=O)C[C@@H](c3ccccc3)C2=O)CC1. The van der Waals surface area contributed by atoms with Crippen molar-refractivity contribution in [1.29, 1.82) is 0 Å². The molecule has 4 rings (SSSR count). The minimum absolute atomic E-state index is 0.0268. The molecule has 1 atom stereocenters. The third-order valence-corrected chi connectivity index (χ3v) is 6.19. The Labute approximate surface area is 166 Å². The summed E-state index contributed by atoms with van der Waals surface area (Å²) in [5.74, 6) is -0.361. The van der Waals surface area contributed by atoms with Gasteiger partial charge in [-0.15, -0.1) is 0 Å². The van der Waals surface area contributed by atoms with E-state index in [0.29, 0.717) is 13.1 Å². The number of hydrogen-bond acceptors (Lipinski definition) is 2. The fourth-order valence-corrected chi connectivity index (χ4v) is 4.39. The maximum atomic E-state index is 12.8. The molecule has 2 amide bonds. The lowest BCUT2D eigenvalue weighted by Crippen LogP contribution is -3.28. The molecule has 28 heavy (non-hydrogen) atoms. The molecule has 0 bridgehead atoms. The molecule has 0 aliphatic carbocycles. The van der Waals surface area contributed by atoms with Crippen LogP contribution in [0.2, 0.25) is 0 Å². The Morgan fingerprint density at radius 2 is 1.54 bits per heavy atom. The maximum absolute atomic E-state index is 12.8. The van der Waals surface area contributed by atoms with Crippen molar-refractivity contribution in [1.82, 2.24) is 4.90 Å². The Bertz CT molecular complexity index is 844. The number of imide groups is 1. The van der Waals surface area contributed by atoms with Gasteiger partial charge in [0.25, 0.3) is 0 Å². The first-order valence-electron chi connectivity index (χ1n) is 10.2. The number of hydrogen-bond donors (Lipinski definition) is 2. The van der Waals surface area contributed by atoms with Gasteiger partial charge in [-0.2, -0.15) is 0 Å². The predicted molar refractivity (Wildman–Crippen MR) is 107 cm³/mol. The van der Waals surface area contributed by atoms with E-state index >= 15 is 0 Å². The number of amides is 2. The zero-order valence-corrected chi connectivity index (χ0v) is 16.5. The molecule has 2 aromatic rings. The van der Waals surface area contributed by atoms with Crippen molar-refractivity contribution in [3.05, 3.63) is 71.3 Å². The van der Waals surface area contributed by atoms with E-state index in [1.165, 1.54) is 20.9 Å². The summed E-state index contributed by atoms with van der Waals surface area (Å²) in [5, 5.41) is 0. The van der Waals surface area contributed by atoms with Crippen LogP contribution in [0.5, 0.6) is 0 Å². The van der Waals surface area contributed by atoms with Crippen LogP contribution >= 0.6 is 0 Å². The second-order valence-electron chi connectivity index (χ2n) is 8.09. The zero-order valence-electron chi connectivity index (χ0n) is 16.5. The van der Waals surface area contributed by atoms with Crippen molar-refractivity contribution >= 4 is 11.8 Å². The monoisotopic (exact) mass is 379 g/mol. The average Bonchev–Trinajstić information content (AvgIpc) is 3.00. The van der Waals surface area contributed by atoms with E-state index in [-0.39, 0.29) is 17.7 Å². The lowest BCUT2D eigenvalue weighted by Gasteiger charge is -2.31. The number of carbonyl (C=O) groups excluding carboxylic acids is 2. The lowest BCUT2D eigenvalue weighted by molar-refractivity contribution is -1.02. The topological polar surface area (TPSA) is 46.3 Å². The number of benzene rings is 2. The summed E-state index contributed by atoms with van der Waals surface area (Å²) in [7, 11) is 0. The number of carbonyl (C=O) groups is 2. The molecule has 146 valence electrons. The van der Waals surface area contributed by atoms with Crippen LogP contribution < -0.4 is 9.80 Å². The van der Waals surface area contributed by atoms with Crippen LogP contribution in [0.1, 0.15) is 29.0 Å². The third kappa shape index (κ3) is 4.01. The van der Waals surface area contributed by atoms with Gasteiger partial charge in [0, 0.05) is 12.0 Å². The van der Waals surface area contributed by atoms with Gasteiger partial charge < -0.3 is 9.80 Å². The Balaban J connectivity index is 1.32. The summed E-state index contributed by atoms with van der Waals surface area (Å²) >= 11 is 0. The number of nitrogens with one attached hydrogen (secondary N) is 2. The molecule has 5 nitrogen and oxygen atoms in total. The Morgan fingerprint density at radius 3 is 2.25 bits per heavy atom. The van der Waals surface area contributed by atoms with Crippen molar-refractivity contribution in [3.63, 3.8) is 0 Å². The van der Waals surface area contributed by atoms with E-state index in [2.05, 4.69) is 31.2 Å². The molecule has 2 fully saturated rings. The summed E-state index contributed by atoms with van der Waals surface area (Å²) in [6.07, 6.45) is 0.306. The van der Waals surface area contributed by atoms with E-state index in [0.717, 1.165) is 38.3 Å². The smallest absolute Gasteiger partial charge is 0.241 e. The molecule has 0 radical (unpaired) electrons. The van der Waals surface area contributed by atoms with Crippen LogP contribution in [-0.4, -0.2) is 49.6 Å². The highest BCUT2D eigenvalue weighted by Gasteiger charge is 2.41. The number of piperazine rings is 1. The van der Waals surface area contributed by atoms with Gasteiger partial charge in [0.15, 0.2) is 6.67 Å². The molecule has 0 unspecified atom stereocenters. The van der Waals surface area contributed by atoms with Gasteiger partial charge in [-0.3, -0.25) is 9.59 Å². The van der Waals surface area contributed by atoms with Crippen LogP contribution in [0.4, 0.5) is 0 Å². The van der Waals surface area contributed by atoms with Gasteiger partial charge in [0.1, 0.15) is 32.7 Å². The van der Waals surface area contributed by atoms with Gasteiger partial charge in [0.2, 0.25) is 11.8 Å². The van der Waals surface area contributed by atoms with Gasteiger partial charge in [-0.25, -0.2) is 4.90 Å². The molecular weight excluding hydrogens is 350 g/mol. The quantitative estimate of drug-likeness (QED) is 0.706. The molecule has 2 aliphatic heterocycles. The second-order valence-corrected chi connectivity index (χ2v) is 8.09. The van der Waals surface area contributed by atoms with Gasteiger partial charge >= 0.3 is 0 Å². The normalized spacial score (nSPS) is 25.3. The Hall–Kier alpha value is -2.50. The number of aryl methyl sites for hydroxylation is 1. The highest BCUT2D eigenvalue weighted by Crippen LogP contribution is 2.28. The van der Waals surface area contributed by atoms with Gasteiger partial charge in [0.05, 0.1) is 5.92 Å². The molecule has 2 N–H and O–H groups in total. The Morgan fingerprint density at radius 1 is 0.893 bits per heavy atom. The molecule has 2 aromatic carbocycles. The summed E-state index contributed by atoms with van der Waals surface area (Å²) in [6.45, 7) is 7.87. The highest BCUT2D eigenvalue weighted by atomic mass is 16.2. The first-order valence-corrected chi connectivity index (χ1v) is 10.2. The number of quaternary nitrogens is 2. The molecule has 2 saturated heterocycles. The first kappa shape index (κ1) is 18.8. The molecule has 0 aromatic heterocycles. The van der Waals surface area contributed by atoms with E-state index < -0.39 is 0 Å². The van der Waals surface area contributed by atoms with Gasteiger partial charge in [-0.1, -0.05) is 54.6 Å². The summed E-state index contributed by atoms with van der Waals surface area (Å²) in [4.78, 5) is 29.7. The number of likely N-dealkylation sites (tertiary alicyclic amines) is 1. The van der Waals surface area contributed by atoms with Crippen molar-refractivity contribution in [2.45, 2.75) is 25.8 Å². The number of nitrogens with zero attached hydrogens (tertiary/aromatic N) is 1. The van der Waals surface area contributed by atoms with E-state index in [4.69, 9.17) is 0 Å². The van der Waals surface area contributed by atoms with Crippen molar-refractivity contribution in [2.24, 2.45) is 0 Å². The molecule has 5 heteroatoms. The fraction of sp³-hybridized carbons (Fsp3) is 0.391. The molecule has 0 saturated carbocycles. The van der Waals surface area contributed by atoms with Crippen LogP contribution in [0.3, 0.4) is 0 Å². The van der Waals surface area contributed by atoms with Crippen molar-refractivity contribution in [2.75, 3.05) is 32.8 Å². The molecule has 2 aliphatic rings. The largest absolute Gasteiger partial charge is 0.322 e. The summed E-state index contributed by atoms with van der Waals surface area (Å²) in [6, 6.07) is 18.3. The molecule has 2 heterocycles. The summed E-state index contributed by atoms with van der Waals surface area (Å²) in [5.41, 5.74) is 3.72. The van der Waals surface area contributed by atoms with E-state index in [9.17, 15) is 9.59 Å². The minimum atomic E-state index is -0.305. The van der Waals surface area contributed by atoms with Crippen LogP contribution in [0.15, 0.2) is 54.6 Å². The lowest BCUT2D eigenvalue weighted by atomic mass is 9.98. The number of rotatable bonds is 5. The standard InChI is InChI=1S/C23H27N3O2/c1-18-7-5-6-10-20(18)16-24-11-13-25(14-12-24)17-26-22(27)15-21(23(26)28)19-8-3-2-4-9-19/h2-10,21H,11-17H2,1H3/p+2/t21-/m0/s1. The zero-order chi connectivity index (χ0) is 19.5. The first-order chi connectivity index (χ1) is 13.6. The minimum Gasteiger partial charge on any atom is -0.322 e. The summed E-state index contributed by atoms with van der Waals surface area (Å²) < 4.78 is 0. The highest BCUT2D eigenvalue weighted by molar-refractivity contribution is 6.06. The van der Waals surface area contributed by atoms with Crippen LogP contribution in [0.25, 0.3) is 0 Å². The third-order valence-electron chi connectivity index (χ3n) is 6.19. The Kier molecular flexibility index (Phi) is 5.55. The van der Waals surface area contributed by atoms with Gasteiger partial charge in [-0.05, 0) is 18.1 Å². The van der Waals surface area contributed by atoms with Crippen LogP contribution in [0, 0.1) is 6.92 Å². The average molecular weight is 380 g/mol. The van der Waals surface area contributed by atoms with E-state index in [1.807, 2.05) is 30.3 Å². The van der Waals surface area contributed by atoms with Crippen molar-refractivity contribution < 1.29 is 19.4 Å². The second kappa shape index (κ2) is 8.25. The molecular formula is C23H29N3O2+2. The fourth-order valence-electron chi connectivity index (χ4n) is 4.39. The van der Waals surface area contributed by atoms with E-state index in [1.54, 1.807) is 4.90 Å². The maximum Gasteiger partial charge on any atom is 0.241 e. The van der Waals surface area contributed by atoms with Crippen molar-refractivity contribution in [3.8, 4) is 0 Å².